The fraction of sp³-hybridized carbons (Fsp3) is 0.444. The highest BCUT2D eigenvalue weighted by Gasteiger charge is 1.94. The number of pyridine rings is 1. The van der Waals surface area contributed by atoms with E-state index in [1.807, 2.05) is 18.5 Å². The molecule has 1 aromatic heterocycles. The van der Waals surface area contributed by atoms with Gasteiger partial charge in [0.15, 0.2) is 0 Å². The third kappa shape index (κ3) is 2.18. The zero-order valence-corrected chi connectivity index (χ0v) is 6.54. The Morgan fingerprint density at radius 2 is 2.30 bits per heavy atom. The molecule has 1 rings (SSSR count). The Balaban J connectivity index is 2.59. The highest BCUT2D eigenvalue weighted by Crippen LogP contribution is 2.04. The molecule has 0 saturated carbocycles. The van der Waals surface area contributed by atoms with Crippen LogP contribution in [0, 0.1) is 5.92 Å². The van der Waals surface area contributed by atoms with E-state index in [1.165, 1.54) is 5.56 Å². The van der Waals surface area contributed by atoms with Crippen molar-refractivity contribution >= 4 is 0 Å². The molecule has 0 amide bonds. The van der Waals surface area contributed by atoms with Crippen LogP contribution in [0.3, 0.4) is 0 Å². The summed E-state index contributed by atoms with van der Waals surface area (Å²) >= 11 is 0. The average molecular weight is 135 g/mol. The van der Waals surface area contributed by atoms with E-state index in [-0.39, 0.29) is 0 Å². The monoisotopic (exact) mass is 135 g/mol. The van der Waals surface area contributed by atoms with Gasteiger partial charge in [-0.15, -0.1) is 0 Å². The standard InChI is InChI=1S/C9H13N/c1-8(2)6-9-4-3-5-10-7-9/h3-5,7-8H,6H2,1-2H3. The van der Waals surface area contributed by atoms with Gasteiger partial charge in [-0.25, -0.2) is 0 Å². The van der Waals surface area contributed by atoms with Crippen LogP contribution in [0.2, 0.25) is 0 Å². The van der Waals surface area contributed by atoms with E-state index >= 15 is 0 Å². The largest absolute Gasteiger partial charge is 0.264 e. The first kappa shape index (κ1) is 7.26. The van der Waals surface area contributed by atoms with Crippen molar-refractivity contribution in [1.82, 2.24) is 4.98 Å². The van der Waals surface area contributed by atoms with Gasteiger partial charge in [-0.1, -0.05) is 19.9 Å². The Labute approximate surface area is 62.1 Å². The molecule has 10 heavy (non-hydrogen) atoms. The van der Waals surface area contributed by atoms with E-state index in [0.717, 1.165) is 12.3 Å². The Bertz CT molecular complexity index is 179. The molecule has 0 aliphatic heterocycles. The van der Waals surface area contributed by atoms with Gasteiger partial charge < -0.3 is 0 Å². The third-order valence-electron chi connectivity index (χ3n) is 1.37. The summed E-state index contributed by atoms with van der Waals surface area (Å²) in [5, 5.41) is 0. The summed E-state index contributed by atoms with van der Waals surface area (Å²) < 4.78 is 0. The molecule has 0 bridgehead atoms. The van der Waals surface area contributed by atoms with E-state index in [1.54, 1.807) is 0 Å². The predicted octanol–water partition coefficient (Wildman–Crippen LogP) is 2.28. The van der Waals surface area contributed by atoms with Gasteiger partial charge >= 0.3 is 0 Å². The lowest BCUT2D eigenvalue weighted by Gasteiger charge is -2.01. The summed E-state index contributed by atoms with van der Waals surface area (Å²) in [5.74, 6) is 0.726. The second-order valence-electron chi connectivity index (χ2n) is 2.96. The average Bonchev–Trinajstić information content (AvgIpc) is 1.88. The minimum Gasteiger partial charge on any atom is -0.264 e. The second kappa shape index (κ2) is 3.35. The maximum Gasteiger partial charge on any atom is 0.0299 e. The molecule has 0 spiro atoms. The van der Waals surface area contributed by atoms with Crippen molar-refractivity contribution in [2.75, 3.05) is 0 Å². The topological polar surface area (TPSA) is 12.9 Å². The van der Waals surface area contributed by atoms with Crippen LogP contribution in [-0.4, -0.2) is 4.98 Å². The number of hydrogen-bond donors (Lipinski definition) is 0. The summed E-state index contributed by atoms with van der Waals surface area (Å²) in [6.07, 6.45) is 4.87. The van der Waals surface area contributed by atoms with Crippen molar-refractivity contribution in [3.8, 4) is 0 Å². The van der Waals surface area contributed by atoms with Crippen molar-refractivity contribution in [3.63, 3.8) is 0 Å². The van der Waals surface area contributed by atoms with Gasteiger partial charge in [-0.05, 0) is 24.0 Å². The molecule has 0 radical (unpaired) electrons. The molecule has 1 nitrogen and oxygen atoms in total. The fourth-order valence-electron chi connectivity index (χ4n) is 0.990. The smallest absolute Gasteiger partial charge is 0.0299 e. The summed E-state index contributed by atoms with van der Waals surface area (Å²) in [6.45, 7) is 4.43. The van der Waals surface area contributed by atoms with Gasteiger partial charge in [0, 0.05) is 12.4 Å². The molecular weight excluding hydrogens is 122 g/mol. The first-order chi connectivity index (χ1) is 4.79. The van der Waals surface area contributed by atoms with Crippen LogP contribution in [0.15, 0.2) is 24.5 Å². The number of rotatable bonds is 2. The van der Waals surface area contributed by atoms with Gasteiger partial charge in [0.2, 0.25) is 0 Å². The molecule has 0 aliphatic rings. The summed E-state index contributed by atoms with van der Waals surface area (Å²) in [4.78, 5) is 4.04. The lowest BCUT2D eigenvalue weighted by molar-refractivity contribution is 0.645. The van der Waals surface area contributed by atoms with Gasteiger partial charge in [-0.2, -0.15) is 0 Å². The maximum atomic E-state index is 4.04. The lowest BCUT2D eigenvalue weighted by atomic mass is 10.1. The van der Waals surface area contributed by atoms with Crippen LogP contribution >= 0.6 is 0 Å². The van der Waals surface area contributed by atoms with E-state index < -0.39 is 0 Å². The molecule has 0 aliphatic carbocycles. The third-order valence-corrected chi connectivity index (χ3v) is 1.37. The zero-order chi connectivity index (χ0) is 7.40. The Hall–Kier alpha value is -0.850. The molecule has 0 fully saturated rings. The van der Waals surface area contributed by atoms with Gasteiger partial charge in [0.25, 0.3) is 0 Å². The number of hydrogen-bond acceptors (Lipinski definition) is 1. The maximum absolute atomic E-state index is 4.04. The Morgan fingerprint density at radius 3 is 2.80 bits per heavy atom. The molecule has 54 valence electrons. The Morgan fingerprint density at radius 1 is 1.50 bits per heavy atom. The van der Waals surface area contributed by atoms with Crippen molar-refractivity contribution in [2.24, 2.45) is 5.92 Å². The summed E-state index contributed by atoms with van der Waals surface area (Å²) in [5.41, 5.74) is 1.33. The van der Waals surface area contributed by atoms with Crippen LogP contribution in [-0.2, 0) is 6.42 Å². The van der Waals surface area contributed by atoms with Crippen LogP contribution in [0.25, 0.3) is 0 Å². The van der Waals surface area contributed by atoms with E-state index in [2.05, 4.69) is 24.9 Å². The van der Waals surface area contributed by atoms with E-state index in [4.69, 9.17) is 0 Å². The van der Waals surface area contributed by atoms with Crippen molar-refractivity contribution < 1.29 is 0 Å². The first-order valence-corrected chi connectivity index (χ1v) is 3.68. The van der Waals surface area contributed by atoms with Crippen LogP contribution < -0.4 is 0 Å². The van der Waals surface area contributed by atoms with Crippen molar-refractivity contribution in [3.05, 3.63) is 30.1 Å². The zero-order valence-electron chi connectivity index (χ0n) is 6.54. The molecule has 0 atom stereocenters. The van der Waals surface area contributed by atoms with E-state index in [0.29, 0.717) is 0 Å². The highest BCUT2D eigenvalue weighted by atomic mass is 14.6. The van der Waals surface area contributed by atoms with Crippen LogP contribution in [0.5, 0.6) is 0 Å². The molecule has 0 N–H and O–H groups in total. The fourth-order valence-corrected chi connectivity index (χ4v) is 0.990. The molecule has 1 heterocycles. The predicted molar refractivity (Wildman–Crippen MR) is 42.8 cm³/mol. The number of aromatic nitrogens is 1. The minimum absolute atomic E-state index is 0.726. The van der Waals surface area contributed by atoms with Crippen LogP contribution in [0.1, 0.15) is 19.4 Å². The normalized spacial score (nSPS) is 10.3. The molecular formula is C9H13N. The summed E-state index contributed by atoms with van der Waals surface area (Å²) in [7, 11) is 0. The first-order valence-electron chi connectivity index (χ1n) is 3.68. The van der Waals surface area contributed by atoms with Gasteiger partial charge in [0.1, 0.15) is 0 Å². The highest BCUT2D eigenvalue weighted by molar-refractivity contribution is 5.08. The molecule has 1 heteroatoms. The SMILES string of the molecule is CC(C)Cc1cccnc1. The molecule has 0 unspecified atom stereocenters. The quantitative estimate of drug-likeness (QED) is 0.606. The van der Waals surface area contributed by atoms with Crippen LogP contribution in [0.4, 0.5) is 0 Å². The van der Waals surface area contributed by atoms with Crippen molar-refractivity contribution in [1.29, 1.82) is 0 Å². The lowest BCUT2D eigenvalue weighted by Crippen LogP contribution is -1.93. The van der Waals surface area contributed by atoms with Gasteiger partial charge in [-0.3, -0.25) is 4.98 Å². The molecule has 0 aromatic carbocycles. The molecule has 1 aromatic rings. The Kier molecular flexibility index (Phi) is 2.43. The van der Waals surface area contributed by atoms with Crippen molar-refractivity contribution in [2.45, 2.75) is 20.3 Å². The second-order valence-corrected chi connectivity index (χ2v) is 2.96. The van der Waals surface area contributed by atoms with Gasteiger partial charge in [0.05, 0.1) is 0 Å². The minimum atomic E-state index is 0.726. The van der Waals surface area contributed by atoms with E-state index in [9.17, 15) is 0 Å². The number of nitrogens with zero attached hydrogens (tertiary/aromatic N) is 1. The molecule has 0 saturated heterocycles. The summed E-state index contributed by atoms with van der Waals surface area (Å²) in [6, 6.07) is 4.10.